The molecule has 0 spiro atoms. The lowest BCUT2D eigenvalue weighted by Crippen LogP contribution is -2.00. The topological polar surface area (TPSA) is 9.86 Å². The zero-order chi connectivity index (χ0) is 37.2. The first kappa shape index (κ1) is 31.1. The number of thiophene rings is 1. The van der Waals surface area contributed by atoms with E-state index in [1.54, 1.807) is 0 Å². The fraction of sp³-hybridized carbons (Fsp3) is 0. The number of benzene rings is 9. The van der Waals surface area contributed by atoms with Gasteiger partial charge in [-0.3, -0.25) is 0 Å². The van der Waals surface area contributed by atoms with E-state index in [1.165, 1.54) is 114 Å². The van der Waals surface area contributed by atoms with Crippen molar-refractivity contribution in [2.24, 2.45) is 0 Å². The van der Waals surface area contributed by atoms with Crippen LogP contribution >= 0.6 is 11.3 Å². The van der Waals surface area contributed by atoms with Crippen molar-refractivity contribution in [3.05, 3.63) is 194 Å². The predicted octanol–water partition coefficient (Wildman–Crippen LogP) is 15.2. The Labute approximate surface area is 332 Å². The molecule has 3 heterocycles. The van der Waals surface area contributed by atoms with Crippen LogP contribution in [0.25, 0.3) is 120 Å². The maximum Gasteiger partial charge on any atom is 0.0548 e. The van der Waals surface area contributed by atoms with E-state index in [-0.39, 0.29) is 0 Å². The summed E-state index contributed by atoms with van der Waals surface area (Å²) < 4.78 is 7.60. The standard InChI is InChI=1S/C54H32N2S/c1-2-14-36-35(13-1)37-15-3-4-17-39(37)41-27-25-33(31-45(41)40-18-6-5-16-38(36)40)55-47-22-10-7-20-43(47)53-49(55)28-29-50-54(53)44-21-8-11-23-48(44)56(50)34-26-30-52-46(32-34)42-19-9-12-24-51(42)57-52/h1-32H. The molecule has 0 amide bonds. The molecule has 0 unspecified atom stereocenters. The van der Waals surface area contributed by atoms with Gasteiger partial charge in [0.05, 0.1) is 22.1 Å². The van der Waals surface area contributed by atoms with E-state index in [1.807, 2.05) is 11.3 Å². The summed E-state index contributed by atoms with van der Waals surface area (Å²) >= 11 is 1.87. The molecular weight excluding hydrogens is 709 g/mol. The van der Waals surface area contributed by atoms with Crippen molar-refractivity contribution < 1.29 is 0 Å². The molecular formula is C54H32N2S. The molecule has 1 aliphatic rings. The van der Waals surface area contributed by atoms with E-state index in [9.17, 15) is 0 Å². The predicted molar refractivity (Wildman–Crippen MR) is 243 cm³/mol. The Morgan fingerprint density at radius 3 is 1.23 bits per heavy atom. The van der Waals surface area contributed by atoms with Crippen molar-refractivity contribution in [2.45, 2.75) is 0 Å². The summed E-state index contributed by atoms with van der Waals surface area (Å²) in [6.45, 7) is 0. The average molecular weight is 741 g/mol. The van der Waals surface area contributed by atoms with E-state index in [2.05, 4.69) is 203 Å². The molecule has 57 heavy (non-hydrogen) atoms. The summed E-state index contributed by atoms with van der Waals surface area (Å²) in [7, 11) is 0. The lowest BCUT2D eigenvalue weighted by atomic mass is 9.81. The first-order chi connectivity index (χ1) is 28.3. The zero-order valence-corrected chi connectivity index (χ0v) is 31.6. The molecule has 0 saturated heterocycles. The average Bonchev–Trinajstić information content (AvgIpc) is 3.93. The maximum absolute atomic E-state index is 2.49. The Hall–Kier alpha value is -7.20. The molecule has 0 bridgehead atoms. The molecule has 264 valence electrons. The van der Waals surface area contributed by atoms with Gasteiger partial charge in [-0.05, 0) is 105 Å². The molecule has 3 heteroatoms. The van der Waals surface area contributed by atoms with Crippen LogP contribution in [-0.4, -0.2) is 9.13 Å². The lowest BCUT2D eigenvalue weighted by molar-refractivity contribution is 1.17. The third-order valence-corrected chi connectivity index (χ3v) is 13.4. The number of nitrogens with zero attached hydrogens (tertiary/aromatic N) is 2. The maximum atomic E-state index is 2.49. The van der Waals surface area contributed by atoms with Gasteiger partial charge < -0.3 is 9.13 Å². The number of hydrogen-bond donors (Lipinski definition) is 0. The highest BCUT2D eigenvalue weighted by molar-refractivity contribution is 7.25. The fourth-order valence-electron chi connectivity index (χ4n) is 9.92. The molecule has 13 rings (SSSR count). The molecule has 0 saturated carbocycles. The van der Waals surface area contributed by atoms with Crippen molar-refractivity contribution in [3.63, 3.8) is 0 Å². The van der Waals surface area contributed by atoms with Crippen molar-refractivity contribution in [2.75, 3.05) is 0 Å². The van der Waals surface area contributed by atoms with Crippen LogP contribution in [0.3, 0.4) is 0 Å². The summed E-state index contributed by atoms with van der Waals surface area (Å²) in [4.78, 5) is 0. The molecule has 0 aliphatic heterocycles. The van der Waals surface area contributed by atoms with Crippen LogP contribution in [0.15, 0.2) is 194 Å². The third kappa shape index (κ3) is 4.29. The van der Waals surface area contributed by atoms with Gasteiger partial charge in [-0.2, -0.15) is 0 Å². The van der Waals surface area contributed by atoms with E-state index in [0.717, 1.165) is 5.69 Å². The van der Waals surface area contributed by atoms with Crippen molar-refractivity contribution in [3.8, 4) is 55.9 Å². The molecule has 3 aromatic heterocycles. The SMILES string of the molecule is c1ccc2c(c1)-c1ccccc1-c1ccc(-n3c4ccccc4c4c5c6ccccc6n(-c6ccc7sc8ccccc8c7c6)c5ccc43)cc1-c1ccccc1-2. The number of hydrogen-bond acceptors (Lipinski definition) is 1. The van der Waals surface area contributed by atoms with Gasteiger partial charge in [-0.25, -0.2) is 0 Å². The van der Waals surface area contributed by atoms with E-state index in [0.29, 0.717) is 0 Å². The Morgan fingerprint density at radius 2 is 0.667 bits per heavy atom. The van der Waals surface area contributed by atoms with Crippen LogP contribution in [0.4, 0.5) is 0 Å². The van der Waals surface area contributed by atoms with Crippen LogP contribution in [-0.2, 0) is 0 Å². The van der Waals surface area contributed by atoms with Gasteiger partial charge in [0.15, 0.2) is 0 Å². The Balaban J connectivity index is 1.10. The summed E-state index contributed by atoms with van der Waals surface area (Å²) in [5.74, 6) is 0. The third-order valence-electron chi connectivity index (χ3n) is 12.3. The summed E-state index contributed by atoms with van der Waals surface area (Å²) in [6, 6.07) is 72.1. The first-order valence-electron chi connectivity index (χ1n) is 19.6. The van der Waals surface area contributed by atoms with Crippen LogP contribution in [0, 0.1) is 0 Å². The number of aromatic nitrogens is 2. The van der Waals surface area contributed by atoms with Crippen LogP contribution in [0.5, 0.6) is 0 Å². The largest absolute Gasteiger partial charge is 0.309 e. The van der Waals surface area contributed by atoms with Crippen LogP contribution in [0.2, 0.25) is 0 Å². The lowest BCUT2D eigenvalue weighted by Gasteiger charge is -2.23. The van der Waals surface area contributed by atoms with Gasteiger partial charge in [0.2, 0.25) is 0 Å². The van der Waals surface area contributed by atoms with Gasteiger partial charge in [0.1, 0.15) is 0 Å². The van der Waals surface area contributed by atoms with Crippen molar-refractivity contribution >= 4 is 75.1 Å². The Kier molecular flexibility index (Phi) is 6.35. The quantitative estimate of drug-likeness (QED) is 0.167. The molecule has 0 N–H and O–H groups in total. The Bertz CT molecular complexity index is 3640. The highest BCUT2D eigenvalue weighted by Crippen LogP contribution is 2.49. The van der Waals surface area contributed by atoms with E-state index >= 15 is 0 Å². The normalized spacial score (nSPS) is 12.2. The van der Waals surface area contributed by atoms with Gasteiger partial charge in [0.25, 0.3) is 0 Å². The number of para-hydroxylation sites is 2. The van der Waals surface area contributed by atoms with E-state index in [4.69, 9.17) is 0 Å². The van der Waals surface area contributed by atoms with E-state index < -0.39 is 0 Å². The second-order valence-electron chi connectivity index (χ2n) is 15.2. The monoisotopic (exact) mass is 740 g/mol. The molecule has 9 aromatic carbocycles. The highest BCUT2D eigenvalue weighted by Gasteiger charge is 2.24. The van der Waals surface area contributed by atoms with Gasteiger partial charge in [-0.1, -0.05) is 133 Å². The molecule has 2 nitrogen and oxygen atoms in total. The second-order valence-corrected chi connectivity index (χ2v) is 16.3. The second kappa shape index (κ2) is 11.7. The number of rotatable bonds is 2. The van der Waals surface area contributed by atoms with Gasteiger partial charge in [-0.15, -0.1) is 11.3 Å². The van der Waals surface area contributed by atoms with Gasteiger partial charge in [0, 0.05) is 53.1 Å². The van der Waals surface area contributed by atoms with Gasteiger partial charge >= 0.3 is 0 Å². The zero-order valence-electron chi connectivity index (χ0n) is 30.8. The van der Waals surface area contributed by atoms with Crippen LogP contribution < -0.4 is 0 Å². The van der Waals surface area contributed by atoms with Crippen molar-refractivity contribution in [1.82, 2.24) is 9.13 Å². The van der Waals surface area contributed by atoms with Crippen molar-refractivity contribution in [1.29, 1.82) is 0 Å². The molecule has 0 fully saturated rings. The summed E-state index contributed by atoms with van der Waals surface area (Å²) in [5.41, 5.74) is 17.2. The summed E-state index contributed by atoms with van der Waals surface area (Å²) in [5, 5.41) is 7.72. The summed E-state index contributed by atoms with van der Waals surface area (Å²) in [6.07, 6.45) is 0. The number of fused-ring (bicyclic) bond motifs is 18. The minimum absolute atomic E-state index is 1.15. The highest BCUT2D eigenvalue weighted by atomic mass is 32.1. The fourth-order valence-corrected chi connectivity index (χ4v) is 11.0. The minimum atomic E-state index is 1.15. The van der Waals surface area contributed by atoms with Crippen LogP contribution in [0.1, 0.15) is 0 Å². The minimum Gasteiger partial charge on any atom is -0.309 e. The molecule has 0 radical (unpaired) electrons. The first-order valence-corrected chi connectivity index (χ1v) is 20.4. The molecule has 0 atom stereocenters. The molecule has 1 aliphatic carbocycles. The smallest absolute Gasteiger partial charge is 0.0548 e. The molecule has 12 aromatic rings. The Morgan fingerprint density at radius 1 is 0.263 bits per heavy atom.